The summed E-state index contributed by atoms with van der Waals surface area (Å²) in [5, 5.41) is 9.20. The molecule has 7 heteroatoms. The highest BCUT2D eigenvalue weighted by Crippen LogP contribution is 2.03. The van der Waals surface area contributed by atoms with E-state index in [-0.39, 0.29) is 13.1 Å². The number of likely N-dealkylation sites (N-methyl/N-ethyl adjacent to an activating group) is 1. The van der Waals surface area contributed by atoms with Gasteiger partial charge in [-0.3, -0.25) is 14.5 Å². The molecule has 1 fully saturated rings. The molecule has 0 aromatic rings. The molecular weight excluding hydrogens is 201 g/mol. The summed E-state index contributed by atoms with van der Waals surface area (Å²) in [4.78, 5) is 23.7. The number of rotatable bonds is 1. The molecular formula is C8H10BNO5. The average Bonchev–Trinajstić information content (AvgIpc) is 2.12. The van der Waals surface area contributed by atoms with Crippen molar-refractivity contribution in [3.05, 3.63) is 0 Å². The first-order chi connectivity index (χ1) is 7.02. The predicted octanol–water partition coefficient (Wildman–Crippen LogP) is -1.96. The summed E-state index contributed by atoms with van der Waals surface area (Å²) >= 11 is 0. The number of hydrogen-bond donors (Lipinski definition) is 1. The van der Waals surface area contributed by atoms with Gasteiger partial charge in [-0.05, 0) is 7.05 Å². The lowest BCUT2D eigenvalue weighted by molar-refractivity contribution is -0.146. The highest BCUT2D eigenvalue weighted by Gasteiger charge is 2.37. The number of terminal acetylenes is 1. The second-order valence-electron chi connectivity index (χ2n) is 3.13. The fraction of sp³-hybridized carbons (Fsp3) is 0.500. The number of carbonyl (C=O) groups is 2. The summed E-state index contributed by atoms with van der Waals surface area (Å²) in [6.07, 6.45) is 4.92. The van der Waals surface area contributed by atoms with Crippen LogP contribution in [0.1, 0.15) is 0 Å². The standard InChI is InChI=1S/C8H10BNO5/c1-3-6(11)9-14-7(12)4-10(2)5-8(13)15-9/h1,6,11H,4-5H2,2H3. The van der Waals surface area contributed by atoms with Gasteiger partial charge in [0, 0.05) is 0 Å². The van der Waals surface area contributed by atoms with Crippen molar-refractivity contribution in [2.75, 3.05) is 20.1 Å². The molecule has 1 atom stereocenters. The molecule has 80 valence electrons. The lowest BCUT2D eigenvalue weighted by Gasteiger charge is -2.23. The van der Waals surface area contributed by atoms with Crippen LogP contribution in [0.5, 0.6) is 0 Å². The zero-order valence-electron chi connectivity index (χ0n) is 8.17. The van der Waals surface area contributed by atoms with Gasteiger partial charge < -0.3 is 14.4 Å². The Morgan fingerprint density at radius 3 is 2.33 bits per heavy atom. The zero-order valence-corrected chi connectivity index (χ0v) is 8.17. The van der Waals surface area contributed by atoms with Gasteiger partial charge in [-0.25, -0.2) is 0 Å². The molecule has 6 nitrogen and oxygen atoms in total. The van der Waals surface area contributed by atoms with E-state index in [4.69, 9.17) is 6.42 Å². The molecule has 1 unspecified atom stereocenters. The fourth-order valence-corrected chi connectivity index (χ4v) is 1.06. The SMILES string of the molecule is C#CC(O)B1OC(=O)CN(C)CC(=O)O1. The second kappa shape index (κ2) is 4.82. The van der Waals surface area contributed by atoms with Crippen LogP contribution in [0.25, 0.3) is 0 Å². The topological polar surface area (TPSA) is 76.1 Å². The van der Waals surface area contributed by atoms with Crippen molar-refractivity contribution < 1.29 is 24.0 Å². The highest BCUT2D eigenvalue weighted by molar-refractivity contribution is 6.51. The van der Waals surface area contributed by atoms with Crippen molar-refractivity contribution >= 4 is 19.1 Å². The normalized spacial score (nSPS) is 20.7. The maximum absolute atomic E-state index is 11.1. The Bertz CT molecular complexity index is 293. The zero-order chi connectivity index (χ0) is 11.4. The van der Waals surface area contributed by atoms with E-state index in [1.165, 1.54) is 4.90 Å². The van der Waals surface area contributed by atoms with Crippen LogP contribution in [-0.2, 0) is 18.9 Å². The van der Waals surface area contributed by atoms with Crippen molar-refractivity contribution in [3.8, 4) is 12.3 Å². The minimum Gasteiger partial charge on any atom is -0.496 e. The minimum atomic E-state index is -1.44. The van der Waals surface area contributed by atoms with E-state index in [9.17, 15) is 14.7 Å². The minimum absolute atomic E-state index is 0.0527. The number of aliphatic hydroxyl groups excluding tert-OH is 1. The molecule has 0 amide bonds. The molecule has 1 N–H and O–H groups in total. The third-order valence-corrected chi connectivity index (χ3v) is 1.72. The van der Waals surface area contributed by atoms with Crippen molar-refractivity contribution in [3.63, 3.8) is 0 Å². The smallest absolute Gasteiger partial charge is 0.496 e. The van der Waals surface area contributed by atoms with E-state index in [0.29, 0.717) is 0 Å². The van der Waals surface area contributed by atoms with E-state index < -0.39 is 25.1 Å². The van der Waals surface area contributed by atoms with Crippen molar-refractivity contribution in [2.45, 2.75) is 6.00 Å². The van der Waals surface area contributed by atoms with Gasteiger partial charge in [0.25, 0.3) is 0 Å². The number of aliphatic hydroxyl groups is 1. The summed E-state index contributed by atoms with van der Waals surface area (Å²) in [6, 6.07) is -1.44. The van der Waals surface area contributed by atoms with Crippen LogP contribution in [0.4, 0.5) is 0 Å². The number of nitrogens with zero attached hydrogens (tertiary/aromatic N) is 1. The van der Waals surface area contributed by atoms with Gasteiger partial charge in [0.15, 0.2) is 6.00 Å². The maximum atomic E-state index is 11.1. The summed E-state index contributed by atoms with van der Waals surface area (Å²) in [5.41, 5.74) is 0. The molecule has 0 aromatic heterocycles. The summed E-state index contributed by atoms with van der Waals surface area (Å²) in [6.45, 7) is -0.105. The van der Waals surface area contributed by atoms with E-state index in [0.717, 1.165) is 0 Å². The third kappa shape index (κ3) is 3.27. The Labute approximate surface area is 87.3 Å². The first-order valence-corrected chi connectivity index (χ1v) is 4.24. The van der Waals surface area contributed by atoms with Crippen LogP contribution in [-0.4, -0.2) is 55.2 Å². The van der Waals surface area contributed by atoms with Crippen LogP contribution < -0.4 is 0 Å². The van der Waals surface area contributed by atoms with Crippen molar-refractivity contribution in [1.29, 1.82) is 0 Å². The van der Waals surface area contributed by atoms with Crippen LogP contribution in [0.15, 0.2) is 0 Å². The summed E-state index contributed by atoms with van der Waals surface area (Å²) in [5.74, 6) is 0.708. The molecule has 1 heterocycles. The highest BCUT2D eigenvalue weighted by atomic mass is 16.6. The molecule has 0 bridgehead atoms. The fourth-order valence-electron chi connectivity index (χ4n) is 1.06. The van der Waals surface area contributed by atoms with Gasteiger partial charge in [-0.2, -0.15) is 0 Å². The molecule has 1 aliphatic heterocycles. The first-order valence-electron chi connectivity index (χ1n) is 4.24. The molecule has 0 aliphatic carbocycles. The Kier molecular flexibility index (Phi) is 3.71. The van der Waals surface area contributed by atoms with Gasteiger partial charge in [0.1, 0.15) is 0 Å². The van der Waals surface area contributed by atoms with Crippen LogP contribution >= 0.6 is 0 Å². The van der Waals surface area contributed by atoms with E-state index in [2.05, 4.69) is 9.31 Å². The van der Waals surface area contributed by atoms with Crippen molar-refractivity contribution in [1.82, 2.24) is 4.90 Å². The number of hydrogen-bond acceptors (Lipinski definition) is 6. The Hall–Kier alpha value is -1.52. The van der Waals surface area contributed by atoms with E-state index >= 15 is 0 Å². The monoisotopic (exact) mass is 211 g/mol. The lowest BCUT2D eigenvalue weighted by atomic mass is 9.81. The van der Waals surface area contributed by atoms with Gasteiger partial charge >= 0.3 is 19.1 Å². The second-order valence-corrected chi connectivity index (χ2v) is 3.13. The predicted molar refractivity (Wildman–Crippen MR) is 50.3 cm³/mol. The molecule has 0 aromatic carbocycles. The first kappa shape index (κ1) is 11.6. The number of carbonyl (C=O) groups excluding carboxylic acids is 2. The van der Waals surface area contributed by atoms with Crippen LogP contribution in [0.3, 0.4) is 0 Å². The Balaban J connectivity index is 2.71. The Morgan fingerprint density at radius 1 is 1.47 bits per heavy atom. The summed E-state index contributed by atoms with van der Waals surface area (Å²) < 4.78 is 9.34. The average molecular weight is 211 g/mol. The largest absolute Gasteiger partial charge is 0.642 e. The molecule has 0 saturated carbocycles. The maximum Gasteiger partial charge on any atom is 0.642 e. The summed E-state index contributed by atoms with van der Waals surface area (Å²) in [7, 11) is 0.157. The molecule has 1 rings (SSSR count). The van der Waals surface area contributed by atoms with Crippen LogP contribution in [0, 0.1) is 12.3 Å². The molecule has 1 aliphatic rings. The van der Waals surface area contributed by atoms with Gasteiger partial charge in [-0.1, -0.05) is 5.92 Å². The molecule has 1 saturated heterocycles. The van der Waals surface area contributed by atoms with Crippen molar-refractivity contribution in [2.24, 2.45) is 0 Å². The third-order valence-electron chi connectivity index (χ3n) is 1.72. The lowest BCUT2D eigenvalue weighted by Crippen LogP contribution is -2.47. The quantitative estimate of drug-likeness (QED) is 0.401. The molecule has 15 heavy (non-hydrogen) atoms. The van der Waals surface area contributed by atoms with E-state index in [1.807, 2.05) is 5.92 Å². The van der Waals surface area contributed by atoms with Gasteiger partial charge in [-0.15, -0.1) is 6.42 Å². The van der Waals surface area contributed by atoms with E-state index in [1.54, 1.807) is 7.05 Å². The Morgan fingerprint density at radius 2 is 1.93 bits per heavy atom. The van der Waals surface area contributed by atoms with Crippen LogP contribution in [0.2, 0.25) is 0 Å². The van der Waals surface area contributed by atoms with Gasteiger partial charge in [0.2, 0.25) is 0 Å². The molecule has 0 radical (unpaired) electrons. The van der Waals surface area contributed by atoms with Gasteiger partial charge in [0.05, 0.1) is 13.1 Å². The molecule has 0 spiro atoms.